The summed E-state index contributed by atoms with van der Waals surface area (Å²) in [7, 11) is 1.77. The summed E-state index contributed by atoms with van der Waals surface area (Å²) in [6.45, 7) is 1.96. The van der Waals surface area contributed by atoms with Gasteiger partial charge in [-0.05, 0) is 12.5 Å². The van der Waals surface area contributed by atoms with E-state index in [9.17, 15) is 0 Å². The number of aromatic nitrogens is 2. The maximum Gasteiger partial charge on any atom is 0.225 e. The van der Waals surface area contributed by atoms with Crippen molar-refractivity contribution >= 4 is 11.8 Å². The van der Waals surface area contributed by atoms with Crippen molar-refractivity contribution in [2.24, 2.45) is 0 Å². The van der Waals surface area contributed by atoms with E-state index in [1.807, 2.05) is 37.3 Å². The molecule has 1 heterocycles. The average molecular weight is 244 g/mol. The highest BCUT2D eigenvalue weighted by molar-refractivity contribution is 5.42. The molecule has 94 valence electrons. The first-order chi connectivity index (χ1) is 8.69. The van der Waals surface area contributed by atoms with Gasteiger partial charge in [0, 0.05) is 13.1 Å². The number of nitrogen functional groups attached to an aromatic ring is 1. The lowest BCUT2D eigenvalue weighted by Gasteiger charge is -2.14. The highest BCUT2D eigenvalue weighted by atomic mass is 16.5. The molecule has 5 nitrogen and oxygen atoms in total. The Hall–Kier alpha value is -2.30. The van der Waals surface area contributed by atoms with E-state index in [1.165, 1.54) is 0 Å². The van der Waals surface area contributed by atoms with Crippen LogP contribution in [0.2, 0.25) is 0 Å². The number of hydrogen-bond acceptors (Lipinski definition) is 5. The van der Waals surface area contributed by atoms with Gasteiger partial charge in [0.25, 0.3) is 0 Å². The summed E-state index contributed by atoms with van der Waals surface area (Å²) in [6, 6.07) is 11.7. The Labute approximate surface area is 106 Å². The molecule has 0 aliphatic rings. The molecule has 2 aromatic rings. The zero-order valence-electron chi connectivity index (χ0n) is 10.4. The van der Waals surface area contributed by atoms with Crippen LogP contribution in [0.5, 0.6) is 5.88 Å². The van der Waals surface area contributed by atoms with Gasteiger partial charge in [-0.1, -0.05) is 30.3 Å². The molecule has 0 radical (unpaired) electrons. The molecule has 0 fully saturated rings. The first-order valence-corrected chi connectivity index (χ1v) is 5.73. The number of benzene rings is 1. The number of nitrogens with one attached hydrogen (secondary N) is 1. The molecule has 1 aromatic carbocycles. The summed E-state index contributed by atoms with van der Waals surface area (Å²) in [5.41, 5.74) is 6.69. The lowest BCUT2D eigenvalue weighted by Crippen LogP contribution is -2.07. The molecule has 0 amide bonds. The monoisotopic (exact) mass is 244 g/mol. The Bertz CT molecular complexity index is 516. The molecule has 5 heteroatoms. The van der Waals surface area contributed by atoms with Crippen LogP contribution in [0, 0.1) is 0 Å². The summed E-state index contributed by atoms with van der Waals surface area (Å²) in [5.74, 6) is 1.29. The topological polar surface area (TPSA) is 73.1 Å². The van der Waals surface area contributed by atoms with Crippen LogP contribution in [0.15, 0.2) is 36.4 Å². The second kappa shape index (κ2) is 5.35. The SMILES string of the molecule is CNc1cc(OC(C)c2ccccc2)nc(N)n1. The van der Waals surface area contributed by atoms with Gasteiger partial charge in [0.05, 0.1) is 0 Å². The molecule has 1 aromatic heterocycles. The van der Waals surface area contributed by atoms with Crippen LogP contribution in [0.3, 0.4) is 0 Å². The van der Waals surface area contributed by atoms with Gasteiger partial charge in [0.1, 0.15) is 11.9 Å². The van der Waals surface area contributed by atoms with Crippen LogP contribution in [0.1, 0.15) is 18.6 Å². The molecule has 0 bridgehead atoms. The minimum absolute atomic E-state index is 0.0924. The van der Waals surface area contributed by atoms with Gasteiger partial charge in [-0.2, -0.15) is 9.97 Å². The fraction of sp³-hybridized carbons (Fsp3) is 0.231. The number of ether oxygens (including phenoxy) is 1. The lowest BCUT2D eigenvalue weighted by atomic mass is 10.1. The lowest BCUT2D eigenvalue weighted by molar-refractivity contribution is 0.217. The van der Waals surface area contributed by atoms with E-state index in [0.717, 1.165) is 5.56 Å². The molecule has 0 aliphatic heterocycles. The first kappa shape index (κ1) is 12.2. The highest BCUT2D eigenvalue weighted by Gasteiger charge is 2.09. The summed E-state index contributed by atoms with van der Waals surface area (Å²) < 4.78 is 5.75. The Morgan fingerprint density at radius 3 is 2.61 bits per heavy atom. The van der Waals surface area contributed by atoms with Crippen LogP contribution in [0.4, 0.5) is 11.8 Å². The zero-order valence-corrected chi connectivity index (χ0v) is 10.4. The quantitative estimate of drug-likeness (QED) is 0.862. The van der Waals surface area contributed by atoms with Gasteiger partial charge in [0.15, 0.2) is 0 Å². The molecular formula is C13H16N4O. The molecule has 18 heavy (non-hydrogen) atoms. The molecule has 0 spiro atoms. The van der Waals surface area contributed by atoms with Crippen LogP contribution >= 0.6 is 0 Å². The number of anilines is 2. The van der Waals surface area contributed by atoms with Crippen molar-refractivity contribution in [3.63, 3.8) is 0 Å². The van der Waals surface area contributed by atoms with Crippen LogP contribution in [-0.2, 0) is 0 Å². The second-order valence-corrected chi connectivity index (χ2v) is 3.87. The predicted octanol–water partition coefficient (Wildman–Crippen LogP) is 2.24. The standard InChI is InChI=1S/C13H16N4O/c1-9(10-6-4-3-5-7-10)18-12-8-11(15-2)16-13(14)17-12/h3-9H,1-2H3,(H3,14,15,16,17). The number of nitrogens with zero attached hydrogens (tertiary/aromatic N) is 2. The van der Waals surface area contributed by atoms with Crippen molar-refractivity contribution in [1.29, 1.82) is 0 Å². The minimum atomic E-state index is -0.0924. The van der Waals surface area contributed by atoms with Gasteiger partial charge >= 0.3 is 0 Å². The Balaban J connectivity index is 2.16. The van der Waals surface area contributed by atoms with E-state index in [0.29, 0.717) is 11.7 Å². The number of hydrogen-bond donors (Lipinski definition) is 2. The molecular weight excluding hydrogens is 228 g/mol. The third kappa shape index (κ3) is 2.88. The average Bonchev–Trinajstić information content (AvgIpc) is 2.39. The zero-order chi connectivity index (χ0) is 13.0. The van der Waals surface area contributed by atoms with Crippen molar-refractivity contribution in [3.8, 4) is 5.88 Å². The summed E-state index contributed by atoms with van der Waals surface area (Å²) in [6.07, 6.45) is -0.0924. The third-order valence-electron chi connectivity index (χ3n) is 2.54. The summed E-state index contributed by atoms with van der Waals surface area (Å²) in [5, 5.41) is 2.91. The highest BCUT2D eigenvalue weighted by Crippen LogP contribution is 2.22. The Morgan fingerprint density at radius 2 is 1.94 bits per heavy atom. The van der Waals surface area contributed by atoms with E-state index >= 15 is 0 Å². The maximum absolute atomic E-state index is 5.75. The van der Waals surface area contributed by atoms with E-state index < -0.39 is 0 Å². The molecule has 3 N–H and O–H groups in total. The molecule has 0 saturated heterocycles. The molecule has 2 rings (SSSR count). The molecule has 1 unspecified atom stereocenters. The smallest absolute Gasteiger partial charge is 0.225 e. The molecule has 0 aliphatic carbocycles. The van der Waals surface area contributed by atoms with Crippen molar-refractivity contribution in [2.75, 3.05) is 18.1 Å². The summed E-state index contributed by atoms with van der Waals surface area (Å²) >= 11 is 0. The van der Waals surface area contributed by atoms with Gasteiger partial charge in [-0.25, -0.2) is 0 Å². The fourth-order valence-corrected chi connectivity index (χ4v) is 1.60. The van der Waals surface area contributed by atoms with Gasteiger partial charge in [0.2, 0.25) is 11.8 Å². The van der Waals surface area contributed by atoms with Crippen molar-refractivity contribution in [3.05, 3.63) is 42.0 Å². The van der Waals surface area contributed by atoms with Crippen LogP contribution in [-0.4, -0.2) is 17.0 Å². The Kier molecular flexibility index (Phi) is 3.62. The normalized spacial score (nSPS) is 11.9. The Morgan fingerprint density at radius 1 is 1.22 bits per heavy atom. The van der Waals surface area contributed by atoms with E-state index in [2.05, 4.69) is 15.3 Å². The van der Waals surface area contributed by atoms with Gasteiger partial charge < -0.3 is 15.8 Å². The minimum Gasteiger partial charge on any atom is -0.470 e. The fourth-order valence-electron chi connectivity index (χ4n) is 1.60. The predicted molar refractivity (Wildman–Crippen MR) is 71.5 cm³/mol. The van der Waals surface area contributed by atoms with Crippen molar-refractivity contribution in [2.45, 2.75) is 13.0 Å². The number of nitrogens with two attached hydrogens (primary N) is 1. The number of rotatable bonds is 4. The van der Waals surface area contributed by atoms with E-state index in [-0.39, 0.29) is 12.1 Å². The van der Waals surface area contributed by atoms with E-state index in [1.54, 1.807) is 13.1 Å². The second-order valence-electron chi connectivity index (χ2n) is 3.87. The largest absolute Gasteiger partial charge is 0.470 e. The van der Waals surface area contributed by atoms with Crippen molar-refractivity contribution in [1.82, 2.24) is 9.97 Å². The summed E-state index contributed by atoms with van der Waals surface area (Å²) in [4.78, 5) is 8.06. The van der Waals surface area contributed by atoms with Gasteiger partial charge in [-0.3, -0.25) is 0 Å². The van der Waals surface area contributed by atoms with Crippen LogP contribution in [0.25, 0.3) is 0 Å². The molecule has 1 atom stereocenters. The van der Waals surface area contributed by atoms with Gasteiger partial charge in [-0.15, -0.1) is 0 Å². The van der Waals surface area contributed by atoms with E-state index in [4.69, 9.17) is 10.5 Å². The van der Waals surface area contributed by atoms with Crippen molar-refractivity contribution < 1.29 is 4.74 Å². The maximum atomic E-state index is 5.75. The third-order valence-corrected chi connectivity index (χ3v) is 2.54. The molecule has 0 saturated carbocycles. The first-order valence-electron chi connectivity index (χ1n) is 5.73. The van der Waals surface area contributed by atoms with Crippen LogP contribution < -0.4 is 15.8 Å².